The third kappa shape index (κ3) is 3.69. The van der Waals surface area contributed by atoms with Gasteiger partial charge < -0.3 is 0 Å². The molecule has 0 amide bonds. The van der Waals surface area contributed by atoms with Gasteiger partial charge >= 0.3 is 0 Å². The summed E-state index contributed by atoms with van der Waals surface area (Å²) in [6, 6.07) is 10.8. The van der Waals surface area contributed by atoms with Crippen molar-refractivity contribution in [1.29, 1.82) is 0 Å². The van der Waals surface area contributed by atoms with E-state index in [-0.39, 0.29) is 17.3 Å². The number of sulfonamides is 1. The second-order valence-electron chi connectivity index (χ2n) is 5.64. The molecule has 2 aromatic carbocycles. The smallest absolute Gasteiger partial charge is 0.210 e. The number of rotatable bonds is 5. The number of nitrogens with one attached hydrogen (secondary N) is 1. The molecule has 0 saturated carbocycles. The molecular formula is C16H17F2NO2S. The summed E-state index contributed by atoms with van der Waals surface area (Å²) in [5.41, 5.74) is -0.296. The topological polar surface area (TPSA) is 46.2 Å². The minimum absolute atomic E-state index is 0.0215. The minimum Gasteiger partial charge on any atom is -0.210 e. The maximum atomic E-state index is 13.9. The molecule has 2 rings (SSSR count). The van der Waals surface area contributed by atoms with Crippen LogP contribution in [0.25, 0.3) is 0 Å². The maximum Gasteiger partial charge on any atom is 0.240 e. The Balaban J connectivity index is 2.18. The van der Waals surface area contributed by atoms with E-state index in [0.717, 1.165) is 12.1 Å². The van der Waals surface area contributed by atoms with Crippen molar-refractivity contribution in [1.82, 2.24) is 4.72 Å². The molecule has 0 unspecified atom stereocenters. The Morgan fingerprint density at radius 2 is 1.59 bits per heavy atom. The van der Waals surface area contributed by atoms with E-state index >= 15 is 0 Å². The average Bonchev–Trinajstić information content (AvgIpc) is 2.46. The highest BCUT2D eigenvalue weighted by molar-refractivity contribution is 7.89. The van der Waals surface area contributed by atoms with Gasteiger partial charge in [-0.05, 0) is 35.9 Å². The summed E-state index contributed by atoms with van der Waals surface area (Å²) in [6.07, 6.45) is 0. The summed E-state index contributed by atoms with van der Waals surface area (Å²) < 4.78 is 53.5. The van der Waals surface area contributed by atoms with Gasteiger partial charge in [0.05, 0.1) is 4.90 Å². The lowest BCUT2D eigenvalue weighted by Crippen LogP contribution is -2.37. The first-order chi connectivity index (χ1) is 10.2. The van der Waals surface area contributed by atoms with Gasteiger partial charge in [0.15, 0.2) is 0 Å². The van der Waals surface area contributed by atoms with Gasteiger partial charge in [0.25, 0.3) is 0 Å². The van der Waals surface area contributed by atoms with E-state index in [0.29, 0.717) is 5.56 Å². The normalized spacial score (nSPS) is 12.4. The predicted molar refractivity (Wildman–Crippen MR) is 81.0 cm³/mol. The highest BCUT2D eigenvalue weighted by Crippen LogP contribution is 2.25. The van der Waals surface area contributed by atoms with Gasteiger partial charge in [0.1, 0.15) is 11.6 Å². The second-order valence-corrected chi connectivity index (χ2v) is 7.41. The Labute approximate surface area is 129 Å². The fourth-order valence-electron chi connectivity index (χ4n) is 2.08. The summed E-state index contributed by atoms with van der Waals surface area (Å²) in [4.78, 5) is -0.0294. The average molecular weight is 325 g/mol. The highest BCUT2D eigenvalue weighted by atomic mass is 32.2. The molecule has 0 heterocycles. The Kier molecular flexibility index (Phi) is 4.63. The maximum absolute atomic E-state index is 13.9. The van der Waals surface area contributed by atoms with Crippen LogP contribution >= 0.6 is 0 Å². The predicted octanol–water partition coefficient (Wildman–Crippen LogP) is 3.22. The van der Waals surface area contributed by atoms with E-state index in [2.05, 4.69) is 4.72 Å². The van der Waals surface area contributed by atoms with Crippen molar-refractivity contribution < 1.29 is 17.2 Å². The zero-order chi connectivity index (χ0) is 16.4. The van der Waals surface area contributed by atoms with Crippen molar-refractivity contribution in [2.45, 2.75) is 24.2 Å². The molecule has 0 bridgehead atoms. The van der Waals surface area contributed by atoms with Crippen LogP contribution in [0.5, 0.6) is 0 Å². The molecule has 0 aromatic heterocycles. The third-order valence-electron chi connectivity index (χ3n) is 3.43. The molecule has 0 aliphatic rings. The molecule has 0 fully saturated rings. The van der Waals surface area contributed by atoms with Crippen molar-refractivity contribution in [3.8, 4) is 0 Å². The van der Waals surface area contributed by atoms with Crippen LogP contribution in [-0.2, 0) is 15.4 Å². The first-order valence-corrected chi connectivity index (χ1v) is 8.21. The number of benzene rings is 2. The van der Waals surface area contributed by atoms with E-state index in [4.69, 9.17) is 0 Å². The zero-order valence-corrected chi connectivity index (χ0v) is 13.1. The summed E-state index contributed by atoms with van der Waals surface area (Å²) >= 11 is 0. The lowest BCUT2D eigenvalue weighted by Gasteiger charge is -2.26. The van der Waals surface area contributed by atoms with Crippen LogP contribution < -0.4 is 4.72 Å². The van der Waals surface area contributed by atoms with Crippen LogP contribution in [0, 0.1) is 11.6 Å². The first-order valence-electron chi connectivity index (χ1n) is 6.73. The van der Waals surface area contributed by atoms with Crippen LogP contribution in [0.3, 0.4) is 0 Å². The fraction of sp³-hybridized carbons (Fsp3) is 0.250. The Hall–Kier alpha value is -1.79. The molecule has 3 nitrogen and oxygen atoms in total. The van der Waals surface area contributed by atoms with Gasteiger partial charge in [-0.3, -0.25) is 0 Å². The van der Waals surface area contributed by atoms with Gasteiger partial charge in [0.2, 0.25) is 10.0 Å². The number of hydrogen-bond donors (Lipinski definition) is 1. The van der Waals surface area contributed by atoms with Crippen LogP contribution in [0.4, 0.5) is 8.78 Å². The van der Waals surface area contributed by atoms with Gasteiger partial charge in [-0.1, -0.05) is 32.0 Å². The van der Waals surface area contributed by atoms with Gasteiger partial charge in [0, 0.05) is 12.0 Å². The summed E-state index contributed by atoms with van der Waals surface area (Å²) in [7, 11) is -3.77. The monoisotopic (exact) mass is 325 g/mol. The summed E-state index contributed by atoms with van der Waals surface area (Å²) in [5, 5.41) is 0. The lowest BCUT2D eigenvalue weighted by molar-refractivity contribution is 0.471. The molecule has 0 aliphatic heterocycles. The molecule has 1 N–H and O–H groups in total. The van der Waals surface area contributed by atoms with Gasteiger partial charge in [-0.25, -0.2) is 21.9 Å². The van der Waals surface area contributed by atoms with Crippen molar-refractivity contribution >= 4 is 10.0 Å². The van der Waals surface area contributed by atoms with Crippen LogP contribution in [-0.4, -0.2) is 15.0 Å². The second kappa shape index (κ2) is 6.14. The number of halogens is 2. The first kappa shape index (κ1) is 16.6. The standard InChI is InChI=1S/C16H17F2NO2S/c1-16(2,14-5-3-4-6-15(14)18)11-19-22(20,21)13-9-7-12(17)8-10-13/h3-10,19H,11H2,1-2H3. The van der Waals surface area contributed by atoms with Crippen LogP contribution in [0.2, 0.25) is 0 Å². The largest absolute Gasteiger partial charge is 0.240 e. The number of hydrogen-bond acceptors (Lipinski definition) is 2. The molecule has 0 atom stereocenters. The fourth-order valence-corrected chi connectivity index (χ4v) is 3.29. The third-order valence-corrected chi connectivity index (χ3v) is 4.85. The van der Waals surface area contributed by atoms with Crippen molar-refractivity contribution in [2.75, 3.05) is 6.54 Å². The van der Waals surface area contributed by atoms with Crippen LogP contribution in [0.1, 0.15) is 19.4 Å². The molecule has 22 heavy (non-hydrogen) atoms. The minimum atomic E-state index is -3.77. The molecule has 0 radical (unpaired) electrons. The van der Waals surface area contributed by atoms with Gasteiger partial charge in [-0.2, -0.15) is 0 Å². The van der Waals surface area contributed by atoms with E-state index < -0.39 is 21.3 Å². The van der Waals surface area contributed by atoms with Crippen molar-refractivity contribution in [3.05, 3.63) is 65.7 Å². The van der Waals surface area contributed by atoms with Crippen molar-refractivity contribution in [2.24, 2.45) is 0 Å². The molecule has 2 aromatic rings. The quantitative estimate of drug-likeness (QED) is 0.917. The Bertz CT molecular complexity index is 756. The molecule has 0 saturated heterocycles. The molecule has 0 spiro atoms. The molecule has 6 heteroatoms. The summed E-state index contributed by atoms with van der Waals surface area (Å²) in [6.45, 7) is 3.52. The van der Waals surface area contributed by atoms with E-state index in [1.807, 2.05) is 0 Å². The summed E-state index contributed by atoms with van der Waals surface area (Å²) in [5.74, 6) is -0.890. The van der Waals surface area contributed by atoms with E-state index in [9.17, 15) is 17.2 Å². The van der Waals surface area contributed by atoms with E-state index in [1.165, 1.54) is 18.2 Å². The molecule has 0 aliphatic carbocycles. The highest BCUT2D eigenvalue weighted by Gasteiger charge is 2.26. The lowest BCUT2D eigenvalue weighted by atomic mass is 9.84. The van der Waals surface area contributed by atoms with E-state index in [1.54, 1.807) is 32.0 Å². The molecular weight excluding hydrogens is 308 g/mol. The van der Waals surface area contributed by atoms with Gasteiger partial charge in [-0.15, -0.1) is 0 Å². The SMILES string of the molecule is CC(C)(CNS(=O)(=O)c1ccc(F)cc1)c1ccccc1F. The Morgan fingerprint density at radius 1 is 1.00 bits per heavy atom. The van der Waals surface area contributed by atoms with Crippen LogP contribution in [0.15, 0.2) is 53.4 Å². The zero-order valence-electron chi connectivity index (χ0n) is 12.3. The molecule has 118 valence electrons. The van der Waals surface area contributed by atoms with Crippen molar-refractivity contribution in [3.63, 3.8) is 0 Å². The Morgan fingerprint density at radius 3 is 2.18 bits per heavy atom.